The molecule has 1 rings (SSSR count). The topological polar surface area (TPSA) is 70.2 Å². The smallest absolute Gasteiger partial charge is 0.412 e. The SMILES string of the molecule is CC(C)(C)OC(=O)N1[C@@H](C#N)[C@@H]1C=O. The van der Waals surface area contributed by atoms with Gasteiger partial charge in [0, 0.05) is 0 Å². The molecule has 0 unspecified atom stereocenters. The summed E-state index contributed by atoms with van der Waals surface area (Å²) in [7, 11) is 0. The fourth-order valence-electron chi connectivity index (χ4n) is 1.08. The molecule has 14 heavy (non-hydrogen) atoms. The molecule has 1 aliphatic rings. The quantitative estimate of drug-likeness (QED) is 0.457. The molecule has 0 N–H and O–H groups in total. The zero-order chi connectivity index (χ0) is 10.9. The molecule has 0 aliphatic carbocycles. The van der Waals surface area contributed by atoms with Gasteiger partial charge in [0.2, 0.25) is 0 Å². The van der Waals surface area contributed by atoms with Crippen molar-refractivity contribution in [1.29, 1.82) is 5.26 Å². The van der Waals surface area contributed by atoms with Crippen LogP contribution in [0.25, 0.3) is 0 Å². The summed E-state index contributed by atoms with van der Waals surface area (Å²) < 4.78 is 5.00. The molecule has 1 aliphatic heterocycles. The van der Waals surface area contributed by atoms with Crippen molar-refractivity contribution < 1.29 is 14.3 Å². The number of aldehydes is 1. The van der Waals surface area contributed by atoms with Crippen LogP contribution in [0.2, 0.25) is 0 Å². The average molecular weight is 196 g/mol. The van der Waals surface area contributed by atoms with Gasteiger partial charge in [-0.2, -0.15) is 5.26 Å². The molecule has 5 nitrogen and oxygen atoms in total. The minimum atomic E-state index is -0.651. The Morgan fingerprint density at radius 1 is 1.57 bits per heavy atom. The molecule has 76 valence electrons. The normalized spacial score (nSPS) is 25.1. The van der Waals surface area contributed by atoms with Crippen LogP contribution in [0.4, 0.5) is 4.79 Å². The molecular formula is C9H12N2O3. The number of nitriles is 1. The first-order chi connectivity index (χ1) is 6.40. The van der Waals surface area contributed by atoms with Gasteiger partial charge in [-0.25, -0.2) is 4.79 Å². The van der Waals surface area contributed by atoms with Gasteiger partial charge in [-0.05, 0) is 20.8 Å². The minimum Gasteiger partial charge on any atom is -0.444 e. The van der Waals surface area contributed by atoms with E-state index in [0.717, 1.165) is 4.90 Å². The Balaban J connectivity index is 2.57. The Morgan fingerprint density at radius 3 is 2.43 bits per heavy atom. The summed E-state index contributed by atoms with van der Waals surface area (Å²) in [5.41, 5.74) is -0.604. The molecule has 1 heterocycles. The van der Waals surface area contributed by atoms with Crippen LogP contribution in [0.5, 0.6) is 0 Å². The van der Waals surface area contributed by atoms with E-state index in [1.807, 2.05) is 6.07 Å². The lowest BCUT2D eigenvalue weighted by Crippen LogP contribution is -2.28. The van der Waals surface area contributed by atoms with E-state index < -0.39 is 23.8 Å². The Hall–Kier alpha value is -1.57. The molecule has 1 amide bonds. The molecule has 2 atom stereocenters. The maximum atomic E-state index is 11.4. The van der Waals surface area contributed by atoms with Crippen molar-refractivity contribution in [3.8, 4) is 6.07 Å². The minimum absolute atomic E-state index is 0.581. The largest absolute Gasteiger partial charge is 0.444 e. The van der Waals surface area contributed by atoms with Crippen molar-refractivity contribution in [2.75, 3.05) is 0 Å². The lowest BCUT2D eigenvalue weighted by atomic mass is 10.2. The first-order valence-electron chi connectivity index (χ1n) is 4.27. The van der Waals surface area contributed by atoms with Crippen LogP contribution < -0.4 is 0 Å². The molecule has 0 aromatic carbocycles. The van der Waals surface area contributed by atoms with Crippen molar-refractivity contribution in [2.45, 2.75) is 38.5 Å². The van der Waals surface area contributed by atoms with Crippen molar-refractivity contribution in [3.63, 3.8) is 0 Å². The van der Waals surface area contributed by atoms with E-state index in [0.29, 0.717) is 6.29 Å². The molecule has 1 saturated heterocycles. The van der Waals surface area contributed by atoms with Crippen molar-refractivity contribution in [1.82, 2.24) is 4.90 Å². The second-order valence-electron chi connectivity index (χ2n) is 4.09. The van der Waals surface area contributed by atoms with Crippen LogP contribution in [-0.4, -0.2) is 35.0 Å². The third-order valence-corrected chi connectivity index (χ3v) is 1.73. The van der Waals surface area contributed by atoms with Crippen LogP contribution in [0.15, 0.2) is 0 Å². The lowest BCUT2D eigenvalue weighted by molar-refractivity contribution is -0.108. The first kappa shape index (κ1) is 10.5. The van der Waals surface area contributed by atoms with E-state index in [1.54, 1.807) is 20.8 Å². The molecule has 0 spiro atoms. The van der Waals surface area contributed by atoms with Gasteiger partial charge < -0.3 is 9.53 Å². The van der Waals surface area contributed by atoms with Crippen LogP contribution in [0.1, 0.15) is 20.8 Å². The number of hydrogen-bond donors (Lipinski definition) is 0. The molecular weight excluding hydrogens is 184 g/mol. The number of hydrogen-bond acceptors (Lipinski definition) is 4. The van der Waals surface area contributed by atoms with E-state index in [4.69, 9.17) is 10.00 Å². The Kier molecular flexibility index (Phi) is 2.47. The summed E-state index contributed by atoms with van der Waals surface area (Å²) in [4.78, 5) is 22.9. The van der Waals surface area contributed by atoms with Crippen molar-refractivity contribution in [2.24, 2.45) is 0 Å². The zero-order valence-corrected chi connectivity index (χ0v) is 8.35. The standard InChI is InChI=1S/C9H12N2O3/c1-9(2,3)14-8(13)11-6(4-10)7(11)5-12/h5-7H,1-3H3/t6-,7-,11?/m0/s1. The van der Waals surface area contributed by atoms with Gasteiger partial charge in [0.05, 0.1) is 6.07 Å². The summed E-state index contributed by atoms with van der Waals surface area (Å²) in [6.07, 6.45) is -0.0289. The highest BCUT2D eigenvalue weighted by Gasteiger charge is 2.53. The van der Waals surface area contributed by atoms with Gasteiger partial charge >= 0.3 is 6.09 Å². The highest BCUT2D eigenvalue weighted by Crippen LogP contribution is 2.28. The predicted octanol–water partition coefficient (Wildman–Crippen LogP) is 0.697. The summed E-state index contributed by atoms with van der Waals surface area (Å²) in [6.45, 7) is 5.18. The molecule has 0 bridgehead atoms. The third kappa shape index (κ3) is 2.02. The van der Waals surface area contributed by atoms with E-state index in [1.165, 1.54) is 0 Å². The second kappa shape index (κ2) is 3.29. The van der Waals surface area contributed by atoms with E-state index in [9.17, 15) is 9.59 Å². The predicted molar refractivity (Wildman–Crippen MR) is 47.3 cm³/mol. The highest BCUT2D eigenvalue weighted by atomic mass is 16.6. The number of carbonyl (C=O) groups is 2. The zero-order valence-electron chi connectivity index (χ0n) is 8.35. The second-order valence-corrected chi connectivity index (χ2v) is 4.09. The summed E-state index contributed by atoms with van der Waals surface area (Å²) >= 11 is 0. The van der Waals surface area contributed by atoms with Gasteiger partial charge in [0.15, 0.2) is 6.04 Å². The Bertz CT molecular complexity index is 300. The maximum absolute atomic E-state index is 11.4. The molecule has 0 aromatic rings. The lowest BCUT2D eigenvalue weighted by Gasteiger charge is -2.19. The van der Waals surface area contributed by atoms with Gasteiger partial charge in [-0.15, -0.1) is 0 Å². The van der Waals surface area contributed by atoms with E-state index in [2.05, 4.69) is 0 Å². The molecule has 1 fully saturated rings. The van der Waals surface area contributed by atoms with Crippen LogP contribution in [0, 0.1) is 11.3 Å². The van der Waals surface area contributed by atoms with Gasteiger partial charge in [-0.3, -0.25) is 4.90 Å². The molecule has 5 heteroatoms. The molecule has 0 saturated carbocycles. The van der Waals surface area contributed by atoms with Crippen LogP contribution in [-0.2, 0) is 9.53 Å². The molecule has 0 radical (unpaired) electrons. The van der Waals surface area contributed by atoms with Crippen LogP contribution >= 0.6 is 0 Å². The first-order valence-corrected chi connectivity index (χ1v) is 4.27. The number of nitrogens with zero attached hydrogens (tertiary/aromatic N) is 2. The number of ether oxygens (including phenoxy) is 1. The van der Waals surface area contributed by atoms with Gasteiger partial charge in [0.25, 0.3) is 0 Å². The van der Waals surface area contributed by atoms with E-state index in [-0.39, 0.29) is 0 Å². The summed E-state index contributed by atoms with van der Waals surface area (Å²) in [5, 5.41) is 8.57. The number of rotatable bonds is 1. The number of carbonyl (C=O) groups excluding carboxylic acids is 2. The highest BCUT2D eigenvalue weighted by molar-refractivity contribution is 5.82. The third-order valence-electron chi connectivity index (χ3n) is 1.73. The summed E-state index contributed by atoms with van der Waals surface area (Å²) in [6, 6.07) is 0.570. The van der Waals surface area contributed by atoms with Crippen molar-refractivity contribution in [3.05, 3.63) is 0 Å². The Morgan fingerprint density at radius 2 is 2.14 bits per heavy atom. The van der Waals surface area contributed by atoms with Crippen LogP contribution in [0.3, 0.4) is 0 Å². The average Bonchev–Trinajstić information content (AvgIpc) is 2.73. The number of amides is 1. The van der Waals surface area contributed by atoms with Gasteiger partial charge in [0.1, 0.15) is 17.9 Å². The monoisotopic (exact) mass is 196 g/mol. The summed E-state index contributed by atoms with van der Waals surface area (Å²) in [5.74, 6) is 0. The Labute approximate surface area is 82.2 Å². The van der Waals surface area contributed by atoms with Crippen molar-refractivity contribution >= 4 is 12.4 Å². The maximum Gasteiger partial charge on any atom is 0.412 e. The molecule has 0 aromatic heterocycles. The van der Waals surface area contributed by atoms with Gasteiger partial charge in [-0.1, -0.05) is 0 Å². The fourth-order valence-corrected chi connectivity index (χ4v) is 1.08. The van der Waals surface area contributed by atoms with E-state index >= 15 is 0 Å². The fraction of sp³-hybridized carbons (Fsp3) is 0.667.